The summed E-state index contributed by atoms with van der Waals surface area (Å²) >= 11 is 0. The molecule has 4 heteroatoms. The lowest BCUT2D eigenvalue weighted by Crippen LogP contribution is -2.57. The van der Waals surface area contributed by atoms with Crippen molar-refractivity contribution >= 4 is 0 Å². The molecule has 0 aromatic rings. The molecule has 1 saturated heterocycles. The largest absolute Gasteiger partial charge is 0.394 e. The Hall–Kier alpha value is -0.250. The van der Waals surface area contributed by atoms with Crippen LogP contribution in [0.5, 0.6) is 0 Å². The number of hydrogen-bond donors (Lipinski definition) is 1. The fourth-order valence-electron chi connectivity index (χ4n) is 0.871. The van der Waals surface area contributed by atoms with E-state index in [1.165, 1.54) is 0 Å². The molecule has 0 radical (unpaired) electrons. The van der Waals surface area contributed by atoms with Crippen LogP contribution in [0.3, 0.4) is 0 Å². The van der Waals surface area contributed by atoms with Crippen LogP contribution in [0.4, 0.5) is 13.2 Å². The van der Waals surface area contributed by atoms with E-state index in [2.05, 4.69) is 5.32 Å². The van der Waals surface area contributed by atoms with Crippen LogP contribution in [0.1, 0.15) is 6.92 Å². The summed E-state index contributed by atoms with van der Waals surface area (Å²) in [6.45, 7) is 1.63. The second kappa shape index (κ2) is 1.87. The molecule has 2 unspecified atom stereocenters. The summed E-state index contributed by atoms with van der Waals surface area (Å²) in [5, 5.41) is 2.64. The first-order valence-electron chi connectivity index (χ1n) is 2.82. The Morgan fingerprint density at radius 2 is 2.00 bits per heavy atom. The highest BCUT2D eigenvalue weighted by molar-refractivity contribution is 4.88. The number of nitrogens with one attached hydrogen (secondary N) is 1. The van der Waals surface area contributed by atoms with Crippen molar-refractivity contribution < 1.29 is 13.2 Å². The summed E-state index contributed by atoms with van der Waals surface area (Å²) in [4.78, 5) is 0. The van der Waals surface area contributed by atoms with Crippen LogP contribution < -0.4 is 5.32 Å². The van der Waals surface area contributed by atoms with Crippen LogP contribution in [0.25, 0.3) is 0 Å². The first kappa shape index (κ1) is 6.86. The van der Waals surface area contributed by atoms with Gasteiger partial charge in [-0.1, -0.05) is 0 Å². The number of hydrogen-bond acceptors (Lipinski definition) is 1. The van der Waals surface area contributed by atoms with Gasteiger partial charge in [-0.05, 0) is 6.92 Å². The second-order valence-electron chi connectivity index (χ2n) is 2.35. The maximum atomic E-state index is 11.7. The van der Waals surface area contributed by atoms with Gasteiger partial charge in [0.1, 0.15) is 0 Å². The van der Waals surface area contributed by atoms with Crippen molar-refractivity contribution in [1.29, 1.82) is 0 Å². The SMILES string of the molecule is CC1NCC1C(F)(F)F. The normalized spacial score (nSPS) is 36.0. The summed E-state index contributed by atoms with van der Waals surface area (Å²) in [5.74, 6) is -1.11. The number of alkyl halides is 3. The molecule has 0 bridgehead atoms. The van der Waals surface area contributed by atoms with E-state index in [4.69, 9.17) is 0 Å². The first-order valence-corrected chi connectivity index (χ1v) is 2.82. The Labute approximate surface area is 51.2 Å². The molecule has 0 saturated carbocycles. The predicted molar refractivity (Wildman–Crippen MR) is 27.0 cm³/mol. The fourth-order valence-corrected chi connectivity index (χ4v) is 0.871. The minimum absolute atomic E-state index is 0.0880. The summed E-state index contributed by atoms with van der Waals surface area (Å²) in [6, 6.07) is -0.384. The molecule has 1 heterocycles. The van der Waals surface area contributed by atoms with Crippen LogP contribution in [0, 0.1) is 5.92 Å². The van der Waals surface area contributed by atoms with Crippen LogP contribution in [0.2, 0.25) is 0 Å². The second-order valence-corrected chi connectivity index (χ2v) is 2.35. The molecule has 54 valence electrons. The van der Waals surface area contributed by atoms with E-state index in [0.717, 1.165) is 0 Å². The quantitative estimate of drug-likeness (QED) is 0.531. The molecule has 0 spiro atoms. The molecule has 0 aromatic carbocycles. The molecule has 0 amide bonds. The molecule has 1 rings (SSSR count). The first-order chi connectivity index (χ1) is 4.02. The average molecular weight is 139 g/mol. The lowest BCUT2D eigenvalue weighted by atomic mass is 9.93. The van der Waals surface area contributed by atoms with Gasteiger partial charge in [-0.15, -0.1) is 0 Å². The van der Waals surface area contributed by atoms with Gasteiger partial charge >= 0.3 is 6.18 Å². The van der Waals surface area contributed by atoms with Crippen LogP contribution in [0.15, 0.2) is 0 Å². The van der Waals surface area contributed by atoms with Gasteiger partial charge in [-0.2, -0.15) is 13.2 Å². The van der Waals surface area contributed by atoms with Gasteiger partial charge < -0.3 is 5.32 Å². The molecule has 1 aliphatic rings. The molecule has 1 nitrogen and oxygen atoms in total. The minimum atomic E-state index is -4.00. The maximum absolute atomic E-state index is 11.7. The topological polar surface area (TPSA) is 12.0 Å². The van der Waals surface area contributed by atoms with Crippen molar-refractivity contribution in [2.75, 3.05) is 6.54 Å². The molecule has 0 aromatic heterocycles. The zero-order valence-corrected chi connectivity index (χ0v) is 5.00. The lowest BCUT2D eigenvalue weighted by molar-refractivity contribution is -0.197. The molecule has 2 atom stereocenters. The Balaban J connectivity index is 2.44. The highest BCUT2D eigenvalue weighted by atomic mass is 19.4. The van der Waals surface area contributed by atoms with Gasteiger partial charge in [-0.25, -0.2) is 0 Å². The summed E-state index contributed by atoms with van der Waals surface area (Å²) in [6.07, 6.45) is -4.00. The van der Waals surface area contributed by atoms with E-state index in [1.807, 2.05) is 0 Å². The van der Waals surface area contributed by atoms with Crippen molar-refractivity contribution in [1.82, 2.24) is 5.32 Å². The average Bonchev–Trinajstić information content (AvgIpc) is 1.57. The Morgan fingerprint density at radius 1 is 1.44 bits per heavy atom. The van der Waals surface area contributed by atoms with E-state index in [1.54, 1.807) is 6.92 Å². The van der Waals surface area contributed by atoms with E-state index in [0.29, 0.717) is 0 Å². The summed E-state index contributed by atoms with van der Waals surface area (Å²) < 4.78 is 35.1. The summed E-state index contributed by atoms with van der Waals surface area (Å²) in [5.41, 5.74) is 0. The van der Waals surface area contributed by atoms with E-state index < -0.39 is 12.1 Å². The van der Waals surface area contributed by atoms with Crippen molar-refractivity contribution in [2.45, 2.75) is 19.1 Å². The van der Waals surface area contributed by atoms with Crippen LogP contribution in [-0.4, -0.2) is 18.8 Å². The summed E-state index contributed by atoms with van der Waals surface area (Å²) in [7, 11) is 0. The number of halogens is 3. The van der Waals surface area contributed by atoms with Crippen molar-refractivity contribution in [3.63, 3.8) is 0 Å². The van der Waals surface area contributed by atoms with Gasteiger partial charge in [0.25, 0.3) is 0 Å². The Bertz CT molecular complexity index is 109. The smallest absolute Gasteiger partial charge is 0.313 e. The van der Waals surface area contributed by atoms with E-state index in [-0.39, 0.29) is 12.6 Å². The molecule has 9 heavy (non-hydrogen) atoms. The van der Waals surface area contributed by atoms with Crippen LogP contribution >= 0.6 is 0 Å². The van der Waals surface area contributed by atoms with Gasteiger partial charge in [0, 0.05) is 12.6 Å². The van der Waals surface area contributed by atoms with Crippen molar-refractivity contribution in [3.8, 4) is 0 Å². The number of rotatable bonds is 0. The zero-order valence-electron chi connectivity index (χ0n) is 5.00. The molecular weight excluding hydrogens is 131 g/mol. The van der Waals surface area contributed by atoms with Gasteiger partial charge in [0.2, 0.25) is 0 Å². The fraction of sp³-hybridized carbons (Fsp3) is 1.00. The van der Waals surface area contributed by atoms with E-state index >= 15 is 0 Å². The third-order valence-electron chi connectivity index (χ3n) is 1.68. The molecule has 1 N–H and O–H groups in total. The van der Waals surface area contributed by atoms with Crippen molar-refractivity contribution in [3.05, 3.63) is 0 Å². The van der Waals surface area contributed by atoms with Crippen molar-refractivity contribution in [2.24, 2.45) is 5.92 Å². The Morgan fingerprint density at radius 3 is 2.00 bits per heavy atom. The highest BCUT2D eigenvalue weighted by Crippen LogP contribution is 2.32. The molecule has 1 aliphatic heterocycles. The Kier molecular flexibility index (Phi) is 1.42. The third kappa shape index (κ3) is 1.18. The predicted octanol–water partition coefficient (Wildman–Crippen LogP) is 1.16. The third-order valence-corrected chi connectivity index (χ3v) is 1.68. The van der Waals surface area contributed by atoms with Gasteiger partial charge in [-0.3, -0.25) is 0 Å². The van der Waals surface area contributed by atoms with Gasteiger partial charge in [0.15, 0.2) is 0 Å². The monoisotopic (exact) mass is 139 g/mol. The maximum Gasteiger partial charge on any atom is 0.394 e. The highest BCUT2D eigenvalue weighted by Gasteiger charge is 2.47. The minimum Gasteiger partial charge on any atom is -0.313 e. The van der Waals surface area contributed by atoms with Crippen LogP contribution in [-0.2, 0) is 0 Å². The molecular formula is C5H8F3N. The standard InChI is InChI=1S/C5H8F3N/c1-3-4(2-9-3)5(6,7)8/h3-4,9H,2H2,1H3. The van der Waals surface area contributed by atoms with Gasteiger partial charge in [0.05, 0.1) is 5.92 Å². The zero-order chi connectivity index (χ0) is 7.07. The molecule has 0 aliphatic carbocycles. The van der Waals surface area contributed by atoms with E-state index in [9.17, 15) is 13.2 Å². The molecule has 1 fully saturated rings. The lowest BCUT2D eigenvalue weighted by Gasteiger charge is -2.36.